The lowest BCUT2D eigenvalue weighted by atomic mass is 9.95. The Hall–Kier alpha value is -4.71. The van der Waals surface area contributed by atoms with E-state index in [0.717, 1.165) is 5.56 Å². The molecule has 1 fully saturated rings. The van der Waals surface area contributed by atoms with Crippen LogP contribution in [0.4, 0.5) is 4.79 Å². The number of hydrogen-bond donors (Lipinski definition) is 3. The number of rotatable bonds is 7. The van der Waals surface area contributed by atoms with E-state index in [2.05, 4.69) is 15.5 Å². The zero-order valence-corrected chi connectivity index (χ0v) is 24.7. The van der Waals surface area contributed by atoms with Gasteiger partial charge in [-0.1, -0.05) is 29.8 Å². The molecule has 2 aliphatic rings. The molecule has 12 nitrogen and oxygen atoms in total. The number of primary amides is 1. The summed E-state index contributed by atoms with van der Waals surface area (Å²) in [4.78, 5) is 59.0. The van der Waals surface area contributed by atoms with Gasteiger partial charge in [0.1, 0.15) is 29.8 Å². The number of urea groups is 1. The highest BCUT2D eigenvalue weighted by Gasteiger charge is 2.45. The maximum atomic E-state index is 14.4. The minimum Gasteiger partial charge on any atom is -0.487 e. The minimum absolute atomic E-state index is 0.113. The van der Waals surface area contributed by atoms with E-state index in [-0.39, 0.29) is 23.9 Å². The van der Waals surface area contributed by atoms with E-state index in [1.54, 1.807) is 41.6 Å². The predicted molar refractivity (Wildman–Crippen MR) is 159 cm³/mol. The Kier molecular flexibility index (Phi) is 8.23. The lowest BCUT2D eigenvalue weighted by Crippen LogP contribution is -2.55. The number of ketones is 1. The number of nitrogens with zero attached hydrogens (tertiary/aromatic N) is 4. The number of nitrogens with one attached hydrogen (secondary N) is 2. The number of hydrogen-bond acceptors (Lipinski definition) is 7. The van der Waals surface area contributed by atoms with Gasteiger partial charge in [0, 0.05) is 35.4 Å². The molecule has 0 bridgehead atoms. The highest BCUT2D eigenvalue weighted by atomic mass is 35.5. The second-order valence-corrected chi connectivity index (χ2v) is 11.8. The first kappa shape index (κ1) is 29.8. The molecule has 0 spiro atoms. The molecule has 4 N–H and O–H groups in total. The summed E-state index contributed by atoms with van der Waals surface area (Å²) in [5, 5.41) is 10.3. The van der Waals surface area contributed by atoms with Gasteiger partial charge in [-0.15, -0.1) is 0 Å². The van der Waals surface area contributed by atoms with E-state index >= 15 is 0 Å². The Balaban J connectivity index is 1.69. The van der Waals surface area contributed by atoms with Crippen molar-refractivity contribution < 1.29 is 23.9 Å². The number of benzene rings is 2. The Labute approximate surface area is 253 Å². The molecular formula is C30H32ClN7O5. The predicted octanol–water partition coefficient (Wildman–Crippen LogP) is 3.40. The van der Waals surface area contributed by atoms with Crippen LogP contribution in [-0.2, 0) is 9.59 Å². The lowest BCUT2D eigenvalue weighted by molar-refractivity contribution is -0.123. The van der Waals surface area contributed by atoms with Crippen LogP contribution in [0.25, 0.3) is 0 Å². The summed E-state index contributed by atoms with van der Waals surface area (Å²) < 4.78 is 6.31. The van der Waals surface area contributed by atoms with Gasteiger partial charge in [0.25, 0.3) is 0 Å². The van der Waals surface area contributed by atoms with Crippen LogP contribution in [0, 0.1) is 0 Å². The van der Waals surface area contributed by atoms with Crippen molar-refractivity contribution >= 4 is 41.1 Å². The Morgan fingerprint density at radius 2 is 1.86 bits per heavy atom. The van der Waals surface area contributed by atoms with Crippen LogP contribution in [0.3, 0.4) is 0 Å². The summed E-state index contributed by atoms with van der Waals surface area (Å²) in [6, 6.07) is 10.3. The zero-order valence-electron chi connectivity index (χ0n) is 24.0. The van der Waals surface area contributed by atoms with E-state index in [4.69, 9.17) is 27.1 Å². The summed E-state index contributed by atoms with van der Waals surface area (Å²) in [6.07, 6.45) is 2.87. The van der Waals surface area contributed by atoms with E-state index < -0.39 is 41.8 Å². The van der Waals surface area contributed by atoms with Crippen molar-refractivity contribution in [2.24, 2.45) is 10.7 Å². The van der Waals surface area contributed by atoms with Crippen molar-refractivity contribution in [3.05, 3.63) is 82.1 Å². The largest absolute Gasteiger partial charge is 0.487 e. The molecule has 5 rings (SSSR count). The Bertz CT molecular complexity index is 1580. The van der Waals surface area contributed by atoms with Crippen molar-refractivity contribution in [2.45, 2.75) is 44.9 Å². The summed E-state index contributed by atoms with van der Waals surface area (Å²) >= 11 is 6.19. The molecule has 43 heavy (non-hydrogen) atoms. The van der Waals surface area contributed by atoms with Crippen molar-refractivity contribution in [1.82, 2.24) is 25.3 Å². The number of carbonyl (C=O) groups is 4. The van der Waals surface area contributed by atoms with Crippen LogP contribution in [0.2, 0.25) is 5.02 Å². The molecule has 0 radical (unpaired) electrons. The summed E-state index contributed by atoms with van der Waals surface area (Å²) in [5.41, 5.74) is 6.74. The van der Waals surface area contributed by atoms with Gasteiger partial charge >= 0.3 is 6.03 Å². The minimum atomic E-state index is -0.747. The molecule has 13 heteroatoms. The average molecular weight is 606 g/mol. The van der Waals surface area contributed by atoms with Crippen LogP contribution < -0.4 is 15.8 Å². The number of aromatic amines is 1. The Morgan fingerprint density at radius 1 is 1.12 bits per heavy atom. The number of Topliss-reactive ketones (excluding diaryl/α,β-unsaturated/α-hetero) is 1. The average Bonchev–Trinajstić information content (AvgIpc) is 3.60. The van der Waals surface area contributed by atoms with Gasteiger partial charge in [0.2, 0.25) is 11.8 Å². The van der Waals surface area contributed by atoms with Crippen LogP contribution in [0.1, 0.15) is 66.3 Å². The number of amides is 4. The van der Waals surface area contributed by atoms with E-state index in [9.17, 15) is 19.2 Å². The normalized spacial score (nSPS) is 18.7. The van der Waals surface area contributed by atoms with Crippen molar-refractivity contribution in [2.75, 3.05) is 19.6 Å². The molecule has 2 atom stereocenters. The van der Waals surface area contributed by atoms with Gasteiger partial charge in [-0.2, -0.15) is 5.10 Å². The van der Waals surface area contributed by atoms with Gasteiger partial charge in [-0.25, -0.2) is 4.79 Å². The number of H-pyrrole nitrogens is 1. The second kappa shape index (κ2) is 11.9. The number of aliphatic imine (C=N–C) groups is 1. The number of aromatic nitrogens is 2. The number of ether oxygens (including phenoxy) is 1. The fraction of sp³-hybridized carbons (Fsp3) is 0.333. The first-order chi connectivity index (χ1) is 20.4. The van der Waals surface area contributed by atoms with Gasteiger partial charge in [-0.05, 0) is 50.6 Å². The third-order valence-electron chi connectivity index (χ3n) is 6.95. The third kappa shape index (κ3) is 6.54. The number of amidine groups is 1. The molecule has 0 aliphatic carbocycles. The van der Waals surface area contributed by atoms with Gasteiger partial charge in [-0.3, -0.25) is 29.4 Å². The smallest absolute Gasteiger partial charge is 0.326 e. The van der Waals surface area contributed by atoms with Crippen LogP contribution in [0.15, 0.2) is 59.9 Å². The van der Waals surface area contributed by atoms with Gasteiger partial charge in [0.05, 0.1) is 24.2 Å². The summed E-state index contributed by atoms with van der Waals surface area (Å²) in [5.74, 6) is -0.897. The Morgan fingerprint density at radius 3 is 2.49 bits per heavy atom. The monoisotopic (exact) mass is 605 g/mol. The number of piperazine rings is 1. The quantitative estimate of drug-likeness (QED) is 0.276. The second-order valence-electron chi connectivity index (χ2n) is 11.3. The van der Waals surface area contributed by atoms with Crippen molar-refractivity contribution in [3.8, 4) is 5.75 Å². The van der Waals surface area contributed by atoms with E-state index in [1.807, 2.05) is 32.9 Å². The fourth-order valence-corrected chi connectivity index (χ4v) is 5.25. The molecule has 0 saturated carbocycles. The number of nitrogens with two attached hydrogens (primary N) is 1. The summed E-state index contributed by atoms with van der Waals surface area (Å²) in [6.45, 7) is 6.07. The number of halogens is 1. The molecule has 3 heterocycles. The maximum absolute atomic E-state index is 14.4. The molecule has 224 valence electrons. The lowest BCUT2D eigenvalue weighted by Gasteiger charge is -2.35. The first-order valence-electron chi connectivity index (χ1n) is 13.7. The molecule has 3 aromatic rings. The standard InChI is InChI=1S/C30H32ClN7O5/c1-30(2,3)43-23-12-18(22(39)13-24(32)40)6-9-21(23)28-36-26(17-4-7-20(31)8-5-17)27(19-14-34-35-15-19)38(28)29(42)37-11-10-33-25(41)16-37/h4-9,12,14-15,26-27H,10-11,13,16H2,1-3H3,(H2,32,40)(H,33,41)(H,34,35)/t26-,27+/m0/s1. The van der Waals surface area contributed by atoms with Gasteiger partial charge < -0.3 is 20.7 Å². The van der Waals surface area contributed by atoms with E-state index in [1.165, 1.54) is 11.0 Å². The highest BCUT2D eigenvalue weighted by molar-refractivity contribution is 6.30. The molecule has 2 aliphatic heterocycles. The molecular weight excluding hydrogens is 574 g/mol. The molecule has 0 unspecified atom stereocenters. The maximum Gasteiger partial charge on any atom is 0.326 e. The molecule has 1 aromatic heterocycles. The van der Waals surface area contributed by atoms with Crippen LogP contribution >= 0.6 is 11.6 Å². The van der Waals surface area contributed by atoms with Crippen LogP contribution in [-0.4, -0.2) is 74.7 Å². The summed E-state index contributed by atoms with van der Waals surface area (Å²) in [7, 11) is 0. The van der Waals surface area contributed by atoms with E-state index in [0.29, 0.717) is 35.0 Å². The fourth-order valence-electron chi connectivity index (χ4n) is 5.13. The SMILES string of the molecule is CC(C)(C)Oc1cc(C(=O)CC(N)=O)ccc1C1=N[C@@H](c2ccc(Cl)cc2)[C@@H](c2cn[nH]c2)N1C(=O)N1CCNC(=O)C1. The van der Waals surface area contributed by atoms with Gasteiger partial charge in [0.15, 0.2) is 5.78 Å². The topological polar surface area (TPSA) is 163 Å². The number of carbonyl (C=O) groups excluding carboxylic acids is 4. The first-order valence-corrected chi connectivity index (χ1v) is 14.1. The molecule has 1 saturated heterocycles. The van der Waals surface area contributed by atoms with Crippen molar-refractivity contribution in [1.29, 1.82) is 0 Å². The van der Waals surface area contributed by atoms with Crippen LogP contribution in [0.5, 0.6) is 5.75 Å². The highest BCUT2D eigenvalue weighted by Crippen LogP contribution is 2.45. The molecule has 2 aromatic carbocycles. The molecule has 4 amide bonds. The zero-order chi connectivity index (χ0) is 30.9. The van der Waals surface area contributed by atoms with Crippen molar-refractivity contribution in [3.63, 3.8) is 0 Å². The third-order valence-corrected chi connectivity index (χ3v) is 7.20.